The summed E-state index contributed by atoms with van der Waals surface area (Å²) in [6.45, 7) is 0. The van der Waals surface area contributed by atoms with E-state index in [4.69, 9.17) is 5.73 Å². The Labute approximate surface area is 125 Å². The summed E-state index contributed by atoms with van der Waals surface area (Å²) in [6, 6.07) is 7.84. The van der Waals surface area contributed by atoms with Gasteiger partial charge in [-0.3, -0.25) is 9.59 Å². The summed E-state index contributed by atoms with van der Waals surface area (Å²) in [5.41, 5.74) is 8.34. The van der Waals surface area contributed by atoms with Crippen molar-refractivity contribution in [3.8, 4) is 0 Å². The third-order valence-corrected chi connectivity index (χ3v) is 3.88. The summed E-state index contributed by atoms with van der Waals surface area (Å²) < 4.78 is 0. The molecule has 2 unspecified atom stereocenters. The summed E-state index contributed by atoms with van der Waals surface area (Å²) in [6.07, 6.45) is 3.44. The predicted molar refractivity (Wildman–Crippen MR) is 81.5 cm³/mol. The number of nitrogens with one attached hydrogen (secondary N) is 2. The van der Waals surface area contributed by atoms with E-state index in [2.05, 4.69) is 22.8 Å². The number of fused-ring (bicyclic) bond motifs is 1. The maximum Gasteiger partial charge on any atom is 0.222 e. The molecule has 0 saturated carbocycles. The van der Waals surface area contributed by atoms with Crippen molar-refractivity contribution in [1.29, 1.82) is 0 Å². The molecule has 2 atom stereocenters. The number of aryl methyl sites for hydroxylation is 1. The van der Waals surface area contributed by atoms with Gasteiger partial charge in [-0.1, -0.05) is 24.3 Å². The Morgan fingerprint density at radius 1 is 1.29 bits per heavy atom. The van der Waals surface area contributed by atoms with E-state index in [0.29, 0.717) is 0 Å². The van der Waals surface area contributed by atoms with Gasteiger partial charge >= 0.3 is 0 Å². The minimum Gasteiger partial charge on any atom is -0.359 e. The van der Waals surface area contributed by atoms with Crippen molar-refractivity contribution in [3.63, 3.8) is 0 Å². The third kappa shape index (κ3) is 4.29. The zero-order chi connectivity index (χ0) is 15.2. The van der Waals surface area contributed by atoms with Gasteiger partial charge in [0.05, 0.1) is 6.04 Å². The largest absolute Gasteiger partial charge is 0.359 e. The van der Waals surface area contributed by atoms with E-state index in [9.17, 15) is 9.59 Å². The minimum absolute atomic E-state index is 0.0645. The van der Waals surface area contributed by atoms with Crippen LogP contribution in [0.3, 0.4) is 0 Å². The van der Waals surface area contributed by atoms with Crippen LogP contribution in [0, 0.1) is 0 Å². The first kappa shape index (κ1) is 15.5. The summed E-state index contributed by atoms with van der Waals surface area (Å²) in [4.78, 5) is 23.3. The molecule has 0 heterocycles. The molecule has 0 fully saturated rings. The molecule has 114 valence electrons. The molecular weight excluding hydrogens is 266 g/mol. The van der Waals surface area contributed by atoms with Crippen molar-refractivity contribution in [1.82, 2.24) is 10.6 Å². The van der Waals surface area contributed by atoms with Gasteiger partial charge in [-0.25, -0.2) is 0 Å². The van der Waals surface area contributed by atoms with Gasteiger partial charge in [0.2, 0.25) is 11.8 Å². The van der Waals surface area contributed by atoms with Crippen LogP contribution in [-0.2, 0) is 16.0 Å². The Balaban J connectivity index is 1.90. The first-order valence-corrected chi connectivity index (χ1v) is 7.43. The topological polar surface area (TPSA) is 84.2 Å². The second kappa shape index (κ2) is 7.22. The lowest BCUT2D eigenvalue weighted by atomic mass is 9.87. The fourth-order valence-electron chi connectivity index (χ4n) is 2.81. The Morgan fingerprint density at radius 3 is 2.76 bits per heavy atom. The van der Waals surface area contributed by atoms with Crippen LogP contribution in [0.2, 0.25) is 0 Å². The lowest BCUT2D eigenvalue weighted by Crippen LogP contribution is -2.37. The lowest BCUT2D eigenvalue weighted by Gasteiger charge is -2.26. The van der Waals surface area contributed by atoms with Crippen molar-refractivity contribution in [2.45, 2.75) is 44.2 Å². The second-order valence-electron chi connectivity index (χ2n) is 5.55. The molecule has 5 heteroatoms. The van der Waals surface area contributed by atoms with E-state index in [0.717, 1.165) is 19.3 Å². The predicted octanol–water partition coefficient (Wildman–Crippen LogP) is 1.03. The van der Waals surface area contributed by atoms with E-state index in [-0.39, 0.29) is 30.7 Å². The molecule has 1 aliphatic rings. The molecule has 1 aromatic carbocycles. The zero-order valence-electron chi connectivity index (χ0n) is 12.4. The van der Waals surface area contributed by atoms with Gasteiger partial charge in [-0.2, -0.15) is 0 Å². The van der Waals surface area contributed by atoms with Crippen molar-refractivity contribution < 1.29 is 9.59 Å². The molecule has 5 nitrogen and oxygen atoms in total. The minimum atomic E-state index is -0.441. The molecule has 1 aliphatic carbocycles. The monoisotopic (exact) mass is 289 g/mol. The highest BCUT2D eigenvalue weighted by Gasteiger charge is 2.22. The molecule has 0 saturated heterocycles. The number of benzene rings is 1. The average molecular weight is 289 g/mol. The van der Waals surface area contributed by atoms with Gasteiger partial charge in [-0.05, 0) is 30.4 Å². The molecule has 0 spiro atoms. The number of amides is 2. The van der Waals surface area contributed by atoms with E-state index in [1.807, 2.05) is 12.1 Å². The Bertz CT molecular complexity index is 516. The van der Waals surface area contributed by atoms with Crippen LogP contribution in [0.1, 0.15) is 42.9 Å². The number of carbonyl (C=O) groups is 2. The number of hydrogen-bond acceptors (Lipinski definition) is 3. The third-order valence-electron chi connectivity index (χ3n) is 3.88. The van der Waals surface area contributed by atoms with Gasteiger partial charge in [-0.15, -0.1) is 0 Å². The summed E-state index contributed by atoms with van der Waals surface area (Å²) >= 11 is 0. The molecule has 2 rings (SSSR count). The SMILES string of the molecule is CNC(=O)CC(N)CC(=O)NC1CCCc2ccccc21. The van der Waals surface area contributed by atoms with Gasteiger partial charge < -0.3 is 16.4 Å². The molecule has 4 N–H and O–H groups in total. The maximum atomic E-state index is 12.1. The van der Waals surface area contributed by atoms with Crippen molar-refractivity contribution >= 4 is 11.8 Å². The summed E-state index contributed by atoms with van der Waals surface area (Å²) in [5, 5.41) is 5.56. The molecule has 0 bridgehead atoms. The molecule has 0 aromatic heterocycles. The average Bonchev–Trinajstić information content (AvgIpc) is 2.47. The fraction of sp³-hybridized carbons (Fsp3) is 0.500. The van der Waals surface area contributed by atoms with Gasteiger partial charge in [0.1, 0.15) is 0 Å². The Kier molecular flexibility index (Phi) is 5.33. The number of rotatable bonds is 5. The van der Waals surface area contributed by atoms with E-state index in [1.165, 1.54) is 11.1 Å². The first-order chi connectivity index (χ1) is 10.1. The standard InChI is InChI=1S/C16H23N3O2/c1-18-15(20)9-12(17)10-16(21)19-14-8-4-6-11-5-2-3-7-13(11)14/h2-3,5,7,12,14H,4,6,8-10,17H2,1H3,(H,18,20)(H,19,21). The molecule has 1 aromatic rings. The van der Waals surface area contributed by atoms with Crippen LogP contribution >= 0.6 is 0 Å². The quantitative estimate of drug-likeness (QED) is 0.757. The van der Waals surface area contributed by atoms with Gasteiger partial charge in [0.15, 0.2) is 0 Å². The van der Waals surface area contributed by atoms with Crippen LogP contribution in [-0.4, -0.2) is 24.9 Å². The van der Waals surface area contributed by atoms with E-state index in [1.54, 1.807) is 7.05 Å². The summed E-state index contributed by atoms with van der Waals surface area (Å²) in [7, 11) is 1.56. The summed E-state index contributed by atoms with van der Waals surface area (Å²) in [5.74, 6) is -0.230. The van der Waals surface area contributed by atoms with Crippen LogP contribution in [0.15, 0.2) is 24.3 Å². The zero-order valence-corrected chi connectivity index (χ0v) is 12.4. The lowest BCUT2D eigenvalue weighted by molar-refractivity contribution is -0.123. The van der Waals surface area contributed by atoms with Gasteiger partial charge in [0.25, 0.3) is 0 Å². The molecular formula is C16H23N3O2. The van der Waals surface area contributed by atoms with Crippen LogP contribution in [0.4, 0.5) is 0 Å². The van der Waals surface area contributed by atoms with Crippen molar-refractivity contribution in [2.24, 2.45) is 5.73 Å². The van der Waals surface area contributed by atoms with Crippen LogP contribution in [0.5, 0.6) is 0 Å². The van der Waals surface area contributed by atoms with Crippen molar-refractivity contribution in [2.75, 3.05) is 7.05 Å². The fourth-order valence-corrected chi connectivity index (χ4v) is 2.81. The highest BCUT2D eigenvalue weighted by Crippen LogP contribution is 2.29. The van der Waals surface area contributed by atoms with Crippen molar-refractivity contribution in [3.05, 3.63) is 35.4 Å². The van der Waals surface area contributed by atoms with E-state index < -0.39 is 6.04 Å². The first-order valence-electron chi connectivity index (χ1n) is 7.43. The van der Waals surface area contributed by atoms with Crippen LogP contribution in [0.25, 0.3) is 0 Å². The number of nitrogens with two attached hydrogens (primary N) is 1. The number of hydrogen-bond donors (Lipinski definition) is 3. The van der Waals surface area contributed by atoms with Gasteiger partial charge in [0, 0.05) is 25.9 Å². The Morgan fingerprint density at radius 2 is 2.00 bits per heavy atom. The highest BCUT2D eigenvalue weighted by molar-refractivity contribution is 5.80. The Hall–Kier alpha value is -1.88. The molecule has 0 aliphatic heterocycles. The van der Waals surface area contributed by atoms with Crippen LogP contribution < -0.4 is 16.4 Å². The molecule has 21 heavy (non-hydrogen) atoms. The second-order valence-corrected chi connectivity index (χ2v) is 5.55. The highest BCUT2D eigenvalue weighted by atomic mass is 16.2. The van der Waals surface area contributed by atoms with E-state index >= 15 is 0 Å². The maximum absolute atomic E-state index is 12.1. The number of carbonyl (C=O) groups excluding carboxylic acids is 2. The smallest absolute Gasteiger partial charge is 0.222 e. The molecule has 0 radical (unpaired) electrons. The normalized spacial score (nSPS) is 18.5. The molecule has 2 amide bonds.